The molecule has 2 saturated heterocycles. The van der Waals surface area contributed by atoms with Crippen LogP contribution in [0.25, 0.3) is 0 Å². The van der Waals surface area contributed by atoms with Crippen molar-refractivity contribution in [1.29, 1.82) is 0 Å². The Bertz CT molecular complexity index is 845. The Morgan fingerprint density at radius 3 is 2.38 bits per heavy atom. The summed E-state index contributed by atoms with van der Waals surface area (Å²) < 4.78 is 24.5. The van der Waals surface area contributed by atoms with Crippen LogP contribution in [0.15, 0.2) is 6.07 Å². The minimum atomic E-state index is -3.30. The van der Waals surface area contributed by atoms with Crippen LogP contribution in [0.3, 0.4) is 0 Å². The standard InChI is InChI=1S/C16H23N5O4S/c1-19(2)16(23)21-6-5-20(13-8-26(24,25)9-14(13)21)15(22)12-7-11(17-18-12)10-3-4-10/h7,10,13-14H,3-6,8-9H2,1-2H3,(H,17,18)/t13-,14+/m1/s1. The SMILES string of the molecule is CN(C)C(=O)N1CCN(C(=O)c2cc(C3CC3)[nH]n2)[C@@H]2CS(=O)(=O)C[C@@H]21. The lowest BCUT2D eigenvalue weighted by Crippen LogP contribution is -2.63. The van der Waals surface area contributed by atoms with E-state index < -0.39 is 21.9 Å². The van der Waals surface area contributed by atoms with Crippen LogP contribution in [0.2, 0.25) is 0 Å². The van der Waals surface area contributed by atoms with Gasteiger partial charge in [-0.15, -0.1) is 0 Å². The van der Waals surface area contributed by atoms with Crippen LogP contribution in [0, 0.1) is 0 Å². The number of hydrogen-bond donors (Lipinski definition) is 1. The average molecular weight is 381 g/mol. The number of hydrogen-bond acceptors (Lipinski definition) is 5. The molecule has 26 heavy (non-hydrogen) atoms. The second-order valence-corrected chi connectivity index (χ2v) is 9.72. The molecule has 0 spiro atoms. The minimum absolute atomic E-state index is 0.102. The van der Waals surface area contributed by atoms with E-state index in [-0.39, 0.29) is 23.4 Å². The van der Waals surface area contributed by atoms with Crippen molar-refractivity contribution in [2.45, 2.75) is 30.8 Å². The molecule has 3 heterocycles. The number of aromatic nitrogens is 2. The summed E-state index contributed by atoms with van der Waals surface area (Å²) in [6.07, 6.45) is 2.20. The van der Waals surface area contributed by atoms with Crippen LogP contribution < -0.4 is 0 Å². The molecule has 10 heteroatoms. The summed E-state index contributed by atoms with van der Waals surface area (Å²) in [5.74, 6) is -0.0227. The Morgan fingerprint density at radius 1 is 1.15 bits per heavy atom. The summed E-state index contributed by atoms with van der Waals surface area (Å²) in [5.41, 5.74) is 1.28. The topological polar surface area (TPSA) is 107 Å². The van der Waals surface area contributed by atoms with E-state index in [1.54, 1.807) is 30.0 Å². The van der Waals surface area contributed by atoms with E-state index in [0.29, 0.717) is 24.7 Å². The van der Waals surface area contributed by atoms with Gasteiger partial charge in [-0.1, -0.05) is 0 Å². The molecule has 0 radical (unpaired) electrons. The first-order valence-electron chi connectivity index (χ1n) is 8.81. The van der Waals surface area contributed by atoms with Gasteiger partial charge in [0.15, 0.2) is 9.84 Å². The Morgan fingerprint density at radius 2 is 1.77 bits per heavy atom. The summed E-state index contributed by atoms with van der Waals surface area (Å²) in [5, 5.41) is 7.05. The third-order valence-electron chi connectivity index (χ3n) is 5.40. The third-order valence-corrected chi connectivity index (χ3v) is 7.10. The predicted octanol–water partition coefficient (Wildman–Crippen LogP) is -0.108. The van der Waals surface area contributed by atoms with Crippen LogP contribution >= 0.6 is 0 Å². The monoisotopic (exact) mass is 381 g/mol. The molecule has 2 aliphatic heterocycles. The normalized spacial score (nSPS) is 27.3. The van der Waals surface area contributed by atoms with Gasteiger partial charge in [-0.25, -0.2) is 13.2 Å². The molecule has 1 aliphatic carbocycles. The fourth-order valence-electron chi connectivity index (χ4n) is 3.90. The van der Waals surface area contributed by atoms with Gasteiger partial charge in [0.1, 0.15) is 5.69 Å². The van der Waals surface area contributed by atoms with Crippen molar-refractivity contribution in [3.05, 3.63) is 17.5 Å². The number of piperazine rings is 1. The number of rotatable bonds is 2. The highest BCUT2D eigenvalue weighted by Crippen LogP contribution is 2.39. The molecule has 3 aliphatic rings. The summed E-state index contributed by atoms with van der Waals surface area (Å²) >= 11 is 0. The highest BCUT2D eigenvalue weighted by Gasteiger charge is 2.50. The second kappa shape index (κ2) is 5.97. The van der Waals surface area contributed by atoms with E-state index in [2.05, 4.69) is 10.2 Å². The number of amides is 3. The molecule has 142 valence electrons. The Labute approximate surface area is 152 Å². The smallest absolute Gasteiger partial charge is 0.319 e. The highest BCUT2D eigenvalue weighted by molar-refractivity contribution is 7.91. The molecular formula is C16H23N5O4S. The molecule has 0 aromatic carbocycles. The van der Waals surface area contributed by atoms with Crippen molar-refractivity contribution in [3.8, 4) is 0 Å². The zero-order chi connectivity index (χ0) is 18.6. The van der Waals surface area contributed by atoms with Crippen LogP contribution in [-0.4, -0.2) is 96.0 Å². The molecule has 4 rings (SSSR count). The van der Waals surface area contributed by atoms with Crippen molar-refractivity contribution in [1.82, 2.24) is 24.9 Å². The van der Waals surface area contributed by atoms with Crippen LogP contribution in [0.5, 0.6) is 0 Å². The van der Waals surface area contributed by atoms with E-state index in [0.717, 1.165) is 18.5 Å². The van der Waals surface area contributed by atoms with E-state index in [1.807, 2.05) is 0 Å². The van der Waals surface area contributed by atoms with E-state index in [1.165, 1.54) is 4.90 Å². The second-order valence-electron chi connectivity index (χ2n) is 7.56. The number of nitrogens with one attached hydrogen (secondary N) is 1. The number of carbonyl (C=O) groups excluding carboxylic acids is 2. The van der Waals surface area contributed by atoms with Gasteiger partial charge in [-0.3, -0.25) is 9.89 Å². The lowest BCUT2D eigenvalue weighted by Gasteiger charge is -2.44. The number of H-pyrrole nitrogens is 1. The van der Waals surface area contributed by atoms with Crippen LogP contribution in [-0.2, 0) is 9.84 Å². The predicted molar refractivity (Wildman–Crippen MR) is 93.6 cm³/mol. The average Bonchev–Trinajstić information content (AvgIpc) is 3.21. The van der Waals surface area contributed by atoms with E-state index >= 15 is 0 Å². The van der Waals surface area contributed by atoms with Crippen molar-refractivity contribution in [2.24, 2.45) is 0 Å². The van der Waals surface area contributed by atoms with Gasteiger partial charge in [-0.2, -0.15) is 5.10 Å². The molecule has 0 bridgehead atoms. The van der Waals surface area contributed by atoms with Gasteiger partial charge >= 0.3 is 6.03 Å². The quantitative estimate of drug-likeness (QED) is 0.769. The molecule has 0 unspecified atom stereocenters. The molecule has 3 amide bonds. The number of nitrogens with zero attached hydrogens (tertiary/aromatic N) is 4. The lowest BCUT2D eigenvalue weighted by atomic mass is 10.0. The van der Waals surface area contributed by atoms with E-state index in [9.17, 15) is 18.0 Å². The van der Waals surface area contributed by atoms with Crippen molar-refractivity contribution >= 4 is 21.8 Å². The van der Waals surface area contributed by atoms with Crippen LogP contribution in [0.4, 0.5) is 4.79 Å². The maximum Gasteiger partial charge on any atom is 0.319 e. The Hall–Kier alpha value is -2.10. The first-order valence-corrected chi connectivity index (χ1v) is 10.6. The van der Waals surface area contributed by atoms with Crippen molar-refractivity contribution < 1.29 is 18.0 Å². The van der Waals surface area contributed by atoms with Crippen LogP contribution in [0.1, 0.15) is 34.9 Å². The number of aromatic amines is 1. The van der Waals surface area contributed by atoms with Gasteiger partial charge in [0.2, 0.25) is 0 Å². The van der Waals surface area contributed by atoms with E-state index in [4.69, 9.17) is 0 Å². The van der Waals surface area contributed by atoms with Gasteiger partial charge in [0, 0.05) is 38.8 Å². The Kier molecular flexibility index (Phi) is 3.98. The number of urea groups is 1. The maximum atomic E-state index is 13.0. The molecule has 3 fully saturated rings. The summed E-state index contributed by atoms with van der Waals surface area (Å²) in [4.78, 5) is 30.0. The highest BCUT2D eigenvalue weighted by atomic mass is 32.2. The summed E-state index contributed by atoms with van der Waals surface area (Å²) in [6, 6.07) is 0.524. The molecule has 1 saturated carbocycles. The first-order chi connectivity index (χ1) is 12.3. The zero-order valence-corrected chi connectivity index (χ0v) is 15.7. The fraction of sp³-hybridized carbons (Fsp3) is 0.688. The van der Waals surface area contributed by atoms with Gasteiger partial charge in [0.05, 0.1) is 23.6 Å². The molecule has 1 N–H and O–H groups in total. The molecule has 2 atom stereocenters. The summed E-state index contributed by atoms with van der Waals surface area (Å²) in [6.45, 7) is 0.625. The minimum Gasteiger partial charge on any atom is -0.331 e. The fourth-order valence-corrected chi connectivity index (χ4v) is 5.88. The largest absolute Gasteiger partial charge is 0.331 e. The molecular weight excluding hydrogens is 358 g/mol. The van der Waals surface area contributed by atoms with Crippen molar-refractivity contribution in [3.63, 3.8) is 0 Å². The first kappa shape index (κ1) is 17.3. The van der Waals surface area contributed by atoms with Gasteiger partial charge in [0.25, 0.3) is 5.91 Å². The van der Waals surface area contributed by atoms with Gasteiger partial charge in [-0.05, 0) is 18.9 Å². The van der Waals surface area contributed by atoms with Crippen molar-refractivity contribution in [2.75, 3.05) is 38.7 Å². The number of sulfone groups is 1. The number of carbonyl (C=O) groups is 2. The molecule has 1 aromatic rings. The zero-order valence-electron chi connectivity index (χ0n) is 14.9. The summed E-state index contributed by atoms with van der Waals surface area (Å²) in [7, 11) is -0.0217. The third kappa shape index (κ3) is 2.95. The maximum absolute atomic E-state index is 13.0. The lowest BCUT2D eigenvalue weighted by molar-refractivity contribution is 0.0388. The molecule has 1 aromatic heterocycles. The Balaban J connectivity index is 1.59. The number of fused-ring (bicyclic) bond motifs is 1. The molecule has 9 nitrogen and oxygen atoms in total. The van der Waals surface area contributed by atoms with Gasteiger partial charge < -0.3 is 14.7 Å².